The van der Waals surface area contributed by atoms with Crippen molar-refractivity contribution in [1.29, 1.82) is 0 Å². The van der Waals surface area contributed by atoms with Gasteiger partial charge in [-0.25, -0.2) is 28.4 Å². The van der Waals surface area contributed by atoms with Gasteiger partial charge in [-0.2, -0.15) is 4.31 Å². The Morgan fingerprint density at radius 3 is 2.58 bits per heavy atom. The molecule has 1 N–H and O–H groups in total. The minimum atomic E-state index is -3.50. The zero-order chi connectivity index (χ0) is 17.9. The van der Waals surface area contributed by atoms with Gasteiger partial charge in [0.25, 0.3) is 10.0 Å². The predicted molar refractivity (Wildman–Crippen MR) is 92.8 cm³/mol. The summed E-state index contributed by atoms with van der Waals surface area (Å²) in [7, 11) is -1.59. The van der Waals surface area contributed by atoms with Crippen molar-refractivity contribution in [3.8, 4) is 0 Å². The van der Waals surface area contributed by atoms with Crippen LogP contribution in [0, 0.1) is 11.8 Å². The lowest BCUT2D eigenvalue weighted by molar-refractivity contribution is 0.451. The van der Waals surface area contributed by atoms with Crippen LogP contribution < -0.4 is 4.90 Å². The van der Waals surface area contributed by atoms with E-state index < -0.39 is 10.0 Å². The molecule has 0 amide bonds. The van der Waals surface area contributed by atoms with Crippen LogP contribution in [-0.4, -0.2) is 68.4 Å². The van der Waals surface area contributed by atoms with E-state index in [1.54, 1.807) is 17.0 Å². The van der Waals surface area contributed by atoms with E-state index >= 15 is 0 Å². The number of fused-ring (bicyclic) bond motifs is 2. The van der Waals surface area contributed by atoms with Crippen LogP contribution in [0.4, 0.5) is 5.82 Å². The Kier molecular flexibility index (Phi) is 3.31. The van der Waals surface area contributed by atoms with E-state index in [4.69, 9.17) is 0 Å². The van der Waals surface area contributed by atoms with Gasteiger partial charge in [-0.05, 0) is 11.8 Å². The van der Waals surface area contributed by atoms with Crippen molar-refractivity contribution in [3.05, 3.63) is 25.2 Å². The second-order valence-corrected chi connectivity index (χ2v) is 8.79. The normalized spacial score (nSPS) is 23.8. The highest BCUT2D eigenvalue weighted by Crippen LogP contribution is 2.36. The van der Waals surface area contributed by atoms with Gasteiger partial charge in [0.2, 0.25) is 0 Å². The van der Waals surface area contributed by atoms with Crippen molar-refractivity contribution >= 4 is 27.0 Å². The van der Waals surface area contributed by atoms with Gasteiger partial charge in [0.05, 0.1) is 18.9 Å². The first-order chi connectivity index (χ1) is 12.5. The highest BCUT2D eigenvalue weighted by atomic mass is 32.2. The Morgan fingerprint density at radius 1 is 1.12 bits per heavy atom. The first-order valence-electron chi connectivity index (χ1n) is 8.39. The molecule has 0 bridgehead atoms. The standard InChI is InChI=1S/C15H18N8O2S/c1-21-9-20-13-14(21)18-8-19-15(13)22-3-10-5-23(6-11(10)4-22)26(24,25)12-2-16-7-17-12/h2,7-11H,3-6H2,1H3,(H,16,17). The van der Waals surface area contributed by atoms with Gasteiger partial charge in [0.1, 0.15) is 6.33 Å². The molecule has 3 aromatic heterocycles. The van der Waals surface area contributed by atoms with Crippen LogP contribution in [0.1, 0.15) is 0 Å². The molecule has 10 nitrogen and oxygen atoms in total. The van der Waals surface area contributed by atoms with Crippen molar-refractivity contribution in [2.45, 2.75) is 5.03 Å². The zero-order valence-corrected chi connectivity index (χ0v) is 15.0. The molecule has 2 atom stereocenters. The van der Waals surface area contributed by atoms with Crippen molar-refractivity contribution in [2.75, 3.05) is 31.1 Å². The van der Waals surface area contributed by atoms with Crippen LogP contribution in [0.25, 0.3) is 11.2 Å². The smallest absolute Gasteiger partial charge is 0.260 e. The fraction of sp³-hybridized carbons (Fsp3) is 0.467. The van der Waals surface area contributed by atoms with Crippen LogP contribution in [-0.2, 0) is 17.1 Å². The predicted octanol–water partition coefficient (Wildman–Crippen LogP) is -0.157. The summed E-state index contributed by atoms with van der Waals surface area (Å²) in [5.74, 6) is 1.39. The van der Waals surface area contributed by atoms with Gasteiger partial charge in [-0.1, -0.05) is 0 Å². The van der Waals surface area contributed by atoms with Gasteiger partial charge >= 0.3 is 0 Å². The second-order valence-electron chi connectivity index (χ2n) is 6.89. The first kappa shape index (κ1) is 15.7. The van der Waals surface area contributed by atoms with E-state index in [1.807, 2.05) is 11.6 Å². The summed E-state index contributed by atoms with van der Waals surface area (Å²) < 4.78 is 28.8. The molecular formula is C15H18N8O2S. The van der Waals surface area contributed by atoms with E-state index in [-0.39, 0.29) is 16.9 Å². The van der Waals surface area contributed by atoms with Gasteiger partial charge in [0, 0.05) is 33.2 Å². The molecule has 2 fully saturated rings. The summed E-state index contributed by atoms with van der Waals surface area (Å²) >= 11 is 0. The number of nitrogens with zero attached hydrogens (tertiary/aromatic N) is 7. The number of aromatic nitrogens is 6. The van der Waals surface area contributed by atoms with E-state index in [2.05, 4.69) is 29.8 Å². The quantitative estimate of drug-likeness (QED) is 0.678. The molecule has 136 valence electrons. The minimum absolute atomic E-state index is 0.153. The number of aromatic amines is 1. The van der Waals surface area contributed by atoms with Crippen LogP contribution in [0.5, 0.6) is 0 Å². The highest BCUT2D eigenvalue weighted by molar-refractivity contribution is 7.89. The molecule has 0 saturated carbocycles. The highest BCUT2D eigenvalue weighted by Gasteiger charge is 2.45. The SMILES string of the molecule is Cn1cnc2c(N3CC4CN(S(=O)(=O)c5cnc[nH]5)CC4C3)ncnc21. The zero-order valence-electron chi connectivity index (χ0n) is 14.1. The summed E-state index contributed by atoms with van der Waals surface area (Å²) in [5.41, 5.74) is 1.59. The molecule has 2 unspecified atom stereocenters. The summed E-state index contributed by atoms with van der Waals surface area (Å²) in [6.45, 7) is 2.56. The maximum Gasteiger partial charge on any atom is 0.260 e. The molecule has 0 spiro atoms. The number of aryl methyl sites for hydroxylation is 1. The van der Waals surface area contributed by atoms with E-state index in [0.29, 0.717) is 13.1 Å². The van der Waals surface area contributed by atoms with E-state index in [1.165, 1.54) is 12.5 Å². The number of anilines is 1. The number of nitrogens with one attached hydrogen (secondary N) is 1. The van der Waals surface area contributed by atoms with Gasteiger partial charge < -0.3 is 14.5 Å². The average molecular weight is 374 g/mol. The monoisotopic (exact) mass is 374 g/mol. The number of sulfonamides is 1. The molecule has 2 saturated heterocycles. The van der Waals surface area contributed by atoms with Crippen molar-refractivity contribution in [2.24, 2.45) is 18.9 Å². The van der Waals surface area contributed by atoms with Crippen LogP contribution in [0.2, 0.25) is 0 Å². The molecular weight excluding hydrogens is 356 g/mol. The lowest BCUT2D eigenvalue weighted by Gasteiger charge is -2.21. The fourth-order valence-electron chi connectivity index (χ4n) is 4.01. The number of H-pyrrole nitrogens is 1. The Bertz CT molecular complexity index is 1050. The topological polar surface area (TPSA) is 113 Å². The third kappa shape index (κ3) is 2.23. The van der Waals surface area contributed by atoms with Gasteiger partial charge in [-0.15, -0.1) is 0 Å². The molecule has 11 heteroatoms. The third-order valence-corrected chi connectivity index (χ3v) is 7.08. The Hall–Kier alpha value is -2.53. The maximum absolute atomic E-state index is 12.7. The van der Waals surface area contributed by atoms with Gasteiger partial charge in [0.15, 0.2) is 22.0 Å². The van der Waals surface area contributed by atoms with Crippen molar-refractivity contribution < 1.29 is 8.42 Å². The maximum atomic E-state index is 12.7. The molecule has 2 aliphatic heterocycles. The summed E-state index contributed by atoms with van der Waals surface area (Å²) in [4.78, 5) is 21.9. The number of rotatable bonds is 3. The van der Waals surface area contributed by atoms with Crippen LogP contribution in [0.3, 0.4) is 0 Å². The second kappa shape index (κ2) is 5.48. The summed E-state index contributed by atoms with van der Waals surface area (Å²) in [5, 5.41) is 0.153. The third-order valence-electron chi connectivity index (χ3n) is 5.32. The minimum Gasteiger partial charge on any atom is -0.354 e. The average Bonchev–Trinajstić information content (AvgIpc) is 3.38. The molecule has 26 heavy (non-hydrogen) atoms. The summed E-state index contributed by atoms with van der Waals surface area (Å²) in [6, 6.07) is 0. The van der Waals surface area contributed by atoms with Gasteiger partial charge in [-0.3, -0.25) is 0 Å². The lowest BCUT2D eigenvalue weighted by atomic mass is 10.0. The number of hydrogen-bond acceptors (Lipinski definition) is 7. The van der Waals surface area contributed by atoms with E-state index in [0.717, 1.165) is 30.1 Å². The molecule has 3 aromatic rings. The largest absolute Gasteiger partial charge is 0.354 e. The molecule has 0 radical (unpaired) electrons. The van der Waals surface area contributed by atoms with Crippen LogP contribution in [0.15, 0.2) is 30.2 Å². The van der Waals surface area contributed by atoms with E-state index in [9.17, 15) is 8.42 Å². The molecule has 0 aromatic carbocycles. The Morgan fingerprint density at radius 2 is 1.88 bits per heavy atom. The molecule has 5 rings (SSSR count). The molecule has 5 heterocycles. The Balaban J connectivity index is 1.37. The van der Waals surface area contributed by atoms with Crippen LogP contribution >= 0.6 is 0 Å². The molecule has 2 aliphatic rings. The number of hydrogen-bond donors (Lipinski definition) is 1. The lowest BCUT2D eigenvalue weighted by Crippen LogP contribution is -2.33. The number of imidazole rings is 2. The first-order valence-corrected chi connectivity index (χ1v) is 9.83. The van der Waals surface area contributed by atoms with Crippen molar-refractivity contribution in [3.63, 3.8) is 0 Å². The summed E-state index contributed by atoms with van der Waals surface area (Å²) in [6.07, 6.45) is 6.04. The fourth-order valence-corrected chi connectivity index (χ4v) is 5.46. The molecule has 0 aliphatic carbocycles. The van der Waals surface area contributed by atoms with Crippen molar-refractivity contribution in [1.82, 2.24) is 33.8 Å². The Labute approximate surface area is 150 Å².